The van der Waals surface area contributed by atoms with E-state index in [1.807, 2.05) is 57.4 Å². The molecule has 0 aromatic carbocycles. The summed E-state index contributed by atoms with van der Waals surface area (Å²) >= 11 is 6.01. The van der Waals surface area contributed by atoms with Gasteiger partial charge in [0.15, 0.2) is 0 Å². The number of halogens is 2. The van der Waals surface area contributed by atoms with Gasteiger partial charge in [-0.15, -0.1) is 0 Å². The van der Waals surface area contributed by atoms with Gasteiger partial charge in [-0.25, -0.2) is 14.2 Å². The first-order valence-electron chi connectivity index (χ1n) is 15.2. The smallest absolute Gasteiger partial charge is 0.321 e. The maximum Gasteiger partial charge on any atom is 0.321 e. The maximum absolute atomic E-state index is 13.6. The lowest BCUT2D eigenvalue weighted by Gasteiger charge is -2.41. The van der Waals surface area contributed by atoms with Gasteiger partial charge in [-0.3, -0.25) is 4.79 Å². The Morgan fingerprint density at radius 3 is 2.43 bits per heavy atom. The molecule has 1 aromatic rings. The minimum Gasteiger partial charge on any atom is -0.352 e. The molecule has 7 nitrogen and oxygen atoms in total. The van der Waals surface area contributed by atoms with E-state index >= 15 is 0 Å². The molecule has 0 bridgehead atoms. The minimum atomic E-state index is -0.303. The van der Waals surface area contributed by atoms with Crippen molar-refractivity contribution >= 4 is 23.5 Å². The lowest BCUT2D eigenvalue weighted by Crippen LogP contribution is -2.52. The van der Waals surface area contributed by atoms with Crippen LogP contribution in [0, 0.1) is 13.8 Å². The highest BCUT2D eigenvalue weighted by molar-refractivity contribution is 6.29. The van der Waals surface area contributed by atoms with E-state index in [2.05, 4.69) is 28.7 Å². The molecule has 2 aliphatic heterocycles. The molecule has 3 heterocycles. The maximum atomic E-state index is 13.6. The number of pyridine rings is 1. The molecule has 0 aliphatic carbocycles. The van der Waals surface area contributed by atoms with Crippen molar-refractivity contribution in [2.24, 2.45) is 0 Å². The largest absolute Gasteiger partial charge is 0.352 e. The Balaban J connectivity index is 0.00000301. The van der Waals surface area contributed by atoms with Crippen molar-refractivity contribution in [3.05, 3.63) is 64.2 Å². The highest BCUT2D eigenvalue weighted by Crippen LogP contribution is 2.33. The number of piperidine rings is 1. The van der Waals surface area contributed by atoms with Crippen molar-refractivity contribution in [3.8, 4) is 0 Å². The zero-order chi connectivity index (χ0) is 31.8. The number of nitrogens with zero attached hydrogens (tertiary/aromatic N) is 4. The molecule has 0 saturated carbocycles. The molecule has 1 aromatic heterocycles. The molecule has 3 rings (SSSR count). The molecule has 0 spiro atoms. The van der Waals surface area contributed by atoms with E-state index in [1.165, 1.54) is 13.0 Å². The second-order valence-electron chi connectivity index (χ2n) is 12.1. The van der Waals surface area contributed by atoms with E-state index in [0.29, 0.717) is 29.5 Å². The van der Waals surface area contributed by atoms with Crippen LogP contribution in [0.15, 0.2) is 42.3 Å². The van der Waals surface area contributed by atoms with Crippen molar-refractivity contribution in [3.63, 3.8) is 0 Å². The topological polar surface area (TPSA) is 68.8 Å². The summed E-state index contributed by atoms with van der Waals surface area (Å²) in [6, 6.07) is 2.01. The summed E-state index contributed by atoms with van der Waals surface area (Å²) in [4.78, 5) is 37.0. The summed E-state index contributed by atoms with van der Waals surface area (Å²) in [7, 11) is 0. The fourth-order valence-corrected chi connectivity index (χ4v) is 5.98. The lowest BCUT2D eigenvalue weighted by molar-refractivity contribution is 0.0901. The van der Waals surface area contributed by atoms with Crippen molar-refractivity contribution in [2.45, 2.75) is 105 Å². The number of likely N-dealkylation sites (tertiary alicyclic amines) is 1. The van der Waals surface area contributed by atoms with Crippen LogP contribution >= 0.6 is 11.6 Å². The third kappa shape index (κ3) is 9.14. The van der Waals surface area contributed by atoms with Crippen molar-refractivity contribution in [1.82, 2.24) is 25.0 Å². The second-order valence-corrected chi connectivity index (χ2v) is 12.4. The normalized spacial score (nSPS) is 19.6. The number of nitrogens with one attached hydrogen (secondary N) is 1. The number of aryl methyl sites for hydroxylation is 2. The SMILES string of the molecule is C=C(/C=C\C=C(/C)F)C1CN(C(C)(C)C)C(=O)N1C1CCN(C(C)CCNC(=O)c2c(C)cc(Cl)nc2C)CC1.CC. The van der Waals surface area contributed by atoms with E-state index in [-0.39, 0.29) is 41.4 Å². The van der Waals surface area contributed by atoms with Crippen LogP contribution in [0.3, 0.4) is 0 Å². The molecule has 2 saturated heterocycles. The zero-order valence-electron chi connectivity index (χ0n) is 27.1. The molecule has 1 N–H and O–H groups in total. The van der Waals surface area contributed by atoms with E-state index in [4.69, 9.17) is 11.6 Å². The Labute approximate surface area is 257 Å². The number of rotatable bonds is 9. The first kappa shape index (κ1) is 35.5. The predicted molar refractivity (Wildman–Crippen MR) is 172 cm³/mol. The molecule has 2 aliphatic rings. The average Bonchev–Trinajstić information content (AvgIpc) is 3.26. The third-order valence-electron chi connectivity index (χ3n) is 7.97. The number of urea groups is 1. The predicted octanol–water partition coefficient (Wildman–Crippen LogP) is 7.24. The van der Waals surface area contributed by atoms with Crippen LogP contribution in [0.4, 0.5) is 9.18 Å². The summed E-state index contributed by atoms with van der Waals surface area (Å²) in [5.41, 5.74) is 2.54. The molecular formula is C33H51ClFN5O2. The summed E-state index contributed by atoms with van der Waals surface area (Å²) < 4.78 is 13.2. The van der Waals surface area contributed by atoms with E-state index in [1.54, 1.807) is 19.1 Å². The molecule has 9 heteroatoms. The van der Waals surface area contributed by atoms with Crippen molar-refractivity contribution in [1.29, 1.82) is 0 Å². The van der Waals surface area contributed by atoms with Crippen LogP contribution in [0.2, 0.25) is 5.15 Å². The Kier molecular flexibility index (Phi) is 13.2. The van der Waals surface area contributed by atoms with E-state index in [9.17, 15) is 14.0 Å². The Bertz CT molecular complexity index is 1140. The van der Waals surface area contributed by atoms with Gasteiger partial charge < -0.3 is 20.0 Å². The van der Waals surface area contributed by atoms with Gasteiger partial charge in [-0.1, -0.05) is 44.2 Å². The molecular weight excluding hydrogens is 553 g/mol. The van der Waals surface area contributed by atoms with Gasteiger partial charge in [0.25, 0.3) is 5.91 Å². The lowest BCUT2D eigenvalue weighted by atomic mass is 9.98. The zero-order valence-corrected chi connectivity index (χ0v) is 27.8. The van der Waals surface area contributed by atoms with E-state index in [0.717, 1.165) is 43.5 Å². The van der Waals surface area contributed by atoms with E-state index < -0.39 is 0 Å². The highest BCUT2D eigenvalue weighted by Gasteiger charge is 2.46. The Hall–Kier alpha value is -2.71. The van der Waals surface area contributed by atoms with Crippen LogP contribution < -0.4 is 5.32 Å². The van der Waals surface area contributed by atoms with Gasteiger partial charge in [0.2, 0.25) is 0 Å². The van der Waals surface area contributed by atoms with Gasteiger partial charge >= 0.3 is 6.03 Å². The number of amides is 3. The van der Waals surface area contributed by atoms with Gasteiger partial charge in [0.1, 0.15) is 5.15 Å². The summed E-state index contributed by atoms with van der Waals surface area (Å²) in [5, 5.41) is 3.43. The third-order valence-corrected chi connectivity index (χ3v) is 8.17. The minimum absolute atomic E-state index is 0.0424. The van der Waals surface area contributed by atoms with Crippen LogP contribution in [0.5, 0.6) is 0 Å². The standard InChI is InChI=1S/C31H45ClFN5O2.C2H6/c1-20(10-9-11-22(3)33)26-19-37(31(6,7)8)30(40)38(26)25-13-16-36(17-14-25)23(4)12-15-34-29(39)28-21(2)18-27(32)35-24(28)5;1-2/h9-11,18,23,25-26H,1,12-17,19H2,2-8H3,(H,34,39);1-2H3/b10-9-,22-11+;. The van der Waals surface area contributed by atoms with Crippen LogP contribution in [-0.4, -0.2) is 81.5 Å². The number of aromatic nitrogens is 1. The fraction of sp³-hybridized carbons (Fsp3) is 0.606. The van der Waals surface area contributed by atoms with Crippen LogP contribution in [-0.2, 0) is 0 Å². The molecule has 0 radical (unpaired) electrons. The Morgan fingerprint density at radius 1 is 1.26 bits per heavy atom. The Morgan fingerprint density at radius 2 is 1.88 bits per heavy atom. The summed E-state index contributed by atoms with van der Waals surface area (Å²) in [6.45, 7) is 24.5. The summed E-state index contributed by atoms with van der Waals surface area (Å²) in [6.07, 6.45) is 7.44. The number of carbonyl (C=O) groups excluding carboxylic acids is 2. The number of allylic oxidation sites excluding steroid dienone is 3. The molecule has 42 heavy (non-hydrogen) atoms. The highest BCUT2D eigenvalue weighted by atomic mass is 35.5. The first-order chi connectivity index (χ1) is 19.7. The van der Waals surface area contributed by atoms with Crippen LogP contribution in [0.25, 0.3) is 0 Å². The second kappa shape index (κ2) is 15.7. The molecule has 2 unspecified atom stereocenters. The fourth-order valence-electron chi connectivity index (χ4n) is 5.69. The number of carbonyl (C=O) groups is 2. The van der Waals surface area contributed by atoms with Crippen molar-refractivity contribution in [2.75, 3.05) is 26.2 Å². The monoisotopic (exact) mass is 603 g/mol. The molecule has 234 valence electrons. The molecule has 2 fully saturated rings. The van der Waals surface area contributed by atoms with Gasteiger partial charge in [0, 0.05) is 43.8 Å². The van der Waals surface area contributed by atoms with Gasteiger partial charge in [-0.05, 0) is 91.0 Å². The summed E-state index contributed by atoms with van der Waals surface area (Å²) in [5.74, 6) is -0.397. The average molecular weight is 604 g/mol. The molecule has 2 atom stereocenters. The number of hydrogen-bond acceptors (Lipinski definition) is 4. The number of hydrogen-bond donors (Lipinski definition) is 1. The van der Waals surface area contributed by atoms with Gasteiger partial charge in [0.05, 0.1) is 23.1 Å². The van der Waals surface area contributed by atoms with Crippen LogP contribution in [0.1, 0.15) is 89.3 Å². The quantitative estimate of drug-likeness (QED) is 0.239. The molecule has 3 amide bonds. The first-order valence-corrected chi connectivity index (χ1v) is 15.5. The van der Waals surface area contributed by atoms with Gasteiger partial charge in [-0.2, -0.15) is 0 Å². The van der Waals surface area contributed by atoms with Crippen molar-refractivity contribution < 1.29 is 14.0 Å².